The maximum atomic E-state index is 3.43. The fourth-order valence-corrected chi connectivity index (χ4v) is 1.65. The summed E-state index contributed by atoms with van der Waals surface area (Å²) in [6.07, 6.45) is 4.15. The lowest BCUT2D eigenvalue weighted by atomic mass is 9.96. The van der Waals surface area contributed by atoms with Gasteiger partial charge in [-0.2, -0.15) is 0 Å². The predicted molar refractivity (Wildman–Crippen MR) is 48.8 cm³/mol. The molecule has 0 saturated carbocycles. The lowest BCUT2D eigenvalue weighted by Gasteiger charge is -2.22. The van der Waals surface area contributed by atoms with Gasteiger partial charge in [0.25, 0.3) is 0 Å². The van der Waals surface area contributed by atoms with Crippen molar-refractivity contribution in [3.63, 3.8) is 0 Å². The predicted octanol–water partition coefficient (Wildman–Crippen LogP) is 0.986. The first kappa shape index (κ1) is 9.01. The summed E-state index contributed by atoms with van der Waals surface area (Å²) >= 11 is 0. The third-order valence-electron chi connectivity index (χ3n) is 2.38. The Kier molecular flexibility index (Phi) is 4.55. The van der Waals surface area contributed by atoms with Gasteiger partial charge in [-0.1, -0.05) is 6.92 Å². The fraction of sp³-hybridized carbons (Fsp3) is 1.00. The highest BCUT2D eigenvalue weighted by molar-refractivity contribution is 4.69. The van der Waals surface area contributed by atoms with Crippen LogP contribution in [0.5, 0.6) is 0 Å². The van der Waals surface area contributed by atoms with Crippen molar-refractivity contribution in [2.45, 2.75) is 26.2 Å². The van der Waals surface area contributed by atoms with Gasteiger partial charge in [0.15, 0.2) is 0 Å². The summed E-state index contributed by atoms with van der Waals surface area (Å²) in [5, 5.41) is 6.80. The van der Waals surface area contributed by atoms with Crippen molar-refractivity contribution in [1.82, 2.24) is 10.6 Å². The van der Waals surface area contributed by atoms with Gasteiger partial charge in [0, 0.05) is 0 Å². The molecule has 1 unspecified atom stereocenters. The Morgan fingerprint density at radius 3 is 3.09 bits per heavy atom. The van der Waals surface area contributed by atoms with Gasteiger partial charge < -0.3 is 10.6 Å². The second-order valence-corrected chi connectivity index (χ2v) is 3.35. The van der Waals surface area contributed by atoms with Crippen LogP contribution in [0.25, 0.3) is 0 Å². The van der Waals surface area contributed by atoms with Crippen LogP contribution in [0.2, 0.25) is 0 Å². The monoisotopic (exact) mass is 156 g/mol. The van der Waals surface area contributed by atoms with Crippen LogP contribution in [0.15, 0.2) is 0 Å². The normalized spacial score (nSPS) is 25.4. The standard InChI is InChI=1S/C9H20N2/c1-2-10-7-5-9-4-3-6-11-8-9/h9-11H,2-8H2,1H3. The molecule has 2 heteroatoms. The van der Waals surface area contributed by atoms with E-state index in [9.17, 15) is 0 Å². The largest absolute Gasteiger partial charge is 0.317 e. The van der Waals surface area contributed by atoms with Crippen LogP contribution in [0.3, 0.4) is 0 Å². The lowest BCUT2D eigenvalue weighted by Crippen LogP contribution is -2.31. The van der Waals surface area contributed by atoms with Crippen molar-refractivity contribution < 1.29 is 0 Å². The summed E-state index contributed by atoms with van der Waals surface area (Å²) in [5.74, 6) is 0.933. The van der Waals surface area contributed by atoms with E-state index in [4.69, 9.17) is 0 Å². The summed E-state index contributed by atoms with van der Waals surface area (Å²) in [7, 11) is 0. The molecule has 66 valence electrons. The Morgan fingerprint density at radius 1 is 1.55 bits per heavy atom. The van der Waals surface area contributed by atoms with E-state index >= 15 is 0 Å². The van der Waals surface area contributed by atoms with Gasteiger partial charge in [-0.3, -0.25) is 0 Å². The smallest absolute Gasteiger partial charge is 0.00200 e. The highest BCUT2D eigenvalue weighted by Gasteiger charge is 2.11. The van der Waals surface area contributed by atoms with Gasteiger partial charge in [-0.25, -0.2) is 0 Å². The van der Waals surface area contributed by atoms with Gasteiger partial charge in [0.05, 0.1) is 0 Å². The van der Waals surface area contributed by atoms with Crippen molar-refractivity contribution in [3.8, 4) is 0 Å². The van der Waals surface area contributed by atoms with Crippen LogP contribution in [-0.2, 0) is 0 Å². The Bertz CT molecular complexity index is 87.6. The molecule has 1 aliphatic rings. The first-order valence-electron chi connectivity index (χ1n) is 4.85. The van der Waals surface area contributed by atoms with Crippen molar-refractivity contribution in [1.29, 1.82) is 0 Å². The van der Waals surface area contributed by atoms with E-state index in [0.29, 0.717) is 0 Å². The zero-order chi connectivity index (χ0) is 7.94. The molecule has 0 spiro atoms. The quantitative estimate of drug-likeness (QED) is 0.593. The highest BCUT2D eigenvalue weighted by Crippen LogP contribution is 2.12. The van der Waals surface area contributed by atoms with Crippen LogP contribution in [-0.4, -0.2) is 26.2 Å². The Hall–Kier alpha value is -0.0800. The van der Waals surface area contributed by atoms with Crippen molar-refractivity contribution in [3.05, 3.63) is 0 Å². The Labute approximate surface area is 69.8 Å². The van der Waals surface area contributed by atoms with E-state index in [2.05, 4.69) is 17.6 Å². The SMILES string of the molecule is CCNCCC1CCCNC1. The molecule has 1 saturated heterocycles. The number of hydrogen-bond acceptors (Lipinski definition) is 2. The number of rotatable bonds is 4. The van der Waals surface area contributed by atoms with Gasteiger partial charge in [-0.05, 0) is 51.4 Å². The summed E-state index contributed by atoms with van der Waals surface area (Å²) in [6.45, 7) is 6.95. The molecule has 0 amide bonds. The van der Waals surface area contributed by atoms with E-state index in [0.717, 1.165) is 12.5 Å². The molecule has 0 aromatic rings. The zero-order valence-corrected chi connectivity index (χ0v) is 7.53. The number of piperidine rings is 1. The van der Waals surface area contributed by atoms with Crippen molar-refractivity contribution >= 4 is 0 Å². The molecule has 2 nitrogen and oxygen atoms in total. The minimum absolute atomic E-state index is 0.933. The molecular formula is C9H20N2. The Morgan fingerprint density at radius 2 is 2.45 bits per heavy atom. The molecule has 1 aliphatic heterocycles. The molecule has 2 N–H and O–H groups in total. The minimum atomic E-state index is 0.933. The molecule has 1 rings (SSSR count). The molecule has 0 bridgehead atoms. The molecule has 0 aromatic heterocycles. The van der Waals surface area contributed by atoms with Crippen LogP contribution in [0, 0.1) is 5.92 Å². The first-order chi connectivity index (χ1) is 5.43. The lowest BCUT2D eigenvalue weighted by molar-refractivity contribution is 0.353. The molecule has 1 fully saturated rings. The van der Waals surface area contributed by atoms with E-state index in [1.165, 1.54) is 38.9 Å². The molecule has 0 aliphatic carbocycles. The third-order valence-corrected chi connectivity index (χ3v) is 2.38. The fourth-order valence-electron chi connectivity index (χ4n) is 1.65. The van der Waals surface area contributed by atoms with Crippen LogP contribution < -0.4 is 10.6 Å². The molecule has 1 heterocycles. The number of hydrogen-bond donors (Lipinski definition) is 2. The van der Waals surface area contributed by atoms with E-state index in [1.54, 1.807) is 0 Å². The minimum Gasteiger partial charge on any atom is -0.317 e. The molecule has 1 atom stereocenters. The third kappa shape index (κ3) is 3.73. The van der Waals surface area contributed by atoms with Gasteiger partial charge in [-0.15, -0.1) is 0 Å². The van der Waals surface area contributed by atoms with E-state index in [-0.39, 0.29) is 0 Å². The molecule has 0 radical (unpaired) electrons. The van der Waals surface area contributed by atoms with Gasteiger partial charge in [0.1, 0.15) is 0 Å². The number of nitrogens with one attached hydrogen (secondary N) is 2. The first-order valence-corrected chi connectivity index (χ1v) is 4.85. The maximum Gasteiger partial charge on any atom is -0.00200 e. The highest BCUT2D eigenvalue weighted by atomic mass is 14.9. The van der Waals surface area contributed by atoms with Gasteiger partial charge >= 0.3 is 0 Å². The average Bonchev–Trinajstić information content (AvgIpc) is 2.07. The summed E-state index contributed by atoms with van der Waals surface area (Å²) < 4.78 is 0. The average molecular weight is 156 g/mol. The second-order valence-electron chi connectivity index (χ2n) is 3.35. The van der Waals surface area contributed by atoms with Crippen molar-refractivity contribution in [2.75, 3.05) is 26.2 Å². The topological polar surface area (TPSA) is 24.1 Å². The van der Waals surface area contributed by atoms with E-state index in [1.807, 2.05) is 0 Å². The van der Waals surface area contributed by atoms with Crippen LogP contribution in [0.4, 0.5) is 0 Å². The van der Waals surface area contributed by atoms with Gasteiger partial charge in [0.2, 0.25) is 0 Å². The van der Waals surface area contributed by atoms with Crippen LogP contribution in [0.1, 0.15) is 26.2 Å². The maximum absolute atomic E-state index is 3.43. The molecule has 11 heavy (non-hydrogen) atoms. The zero-order valence-electron chi connectivity index (χ0n) is 7.53. The summed E-state index contributed by atoms with van der Waals surface area (Å²) in [4.78, 5) is 0. The van der Waals surface area contributed by atoms with E-state index < -0.39 is 0 Å². The second kappa shape index (κ2) is 5.56. The van der Waals surface area contributed by atoms with Crippen LogP contribution >= 0.6 is 0 Å². The summed E-state index contributed by atoms with van der Waals surface area (Å²) in [6, 6.07) is 0. The molecule has 0 aromatic carbocycles. The van der Waals surface area contributed by atoms with Crippen molar-refractivity contribution in [2.24, 2.45) is 5.92 Å². The summed E-state index contributed by atoms with van der Waals surface area (Å²) in [5.41, 5.74) is 0. The Balaban J connectivity index is 1.96. The molecular weight excluding hydrogens is 136 g/mol.